The van der Waals surface area contributed by atoms with E-state index in [0.717, 1.165) is 0 Å². The highest BCUT2D eigenvalue weighted by Gasteiger charge is 2.20. The monoisotopic (exact) mass is 264 g/mol. The molecule has 0 aliphatic carbocycles. The molecule has 0 spiro atoms. The zero-order valence-corrected chi connectivity index (χ0v) is 10.1. The van der Waals surface area contributed by atoms with Crippen LogP contribution in [0.2, 0.25) is 0 Å². The normalized spacial score (nSPS) is 12.4. The van der Waals surface area contributed by atoms with Crippen molar-refractivity contribution in [1.82, 2.24) is 10.1 Å². The number of hydrogen-bond acceptors (Lipinski definition) is 7. The number of nitrogens with zero attached hydrogens (tertiary/aromatic N) is 3. The number of aliphatic hydroxyl groups excluding tert-OH is 1. The molecule has 0 saturated carbocycles. The van der Waals surface area contributed by atoms with Crippen molar-refractivity contribution in [1.29, 1.82) is 0 Å². The molecule has 19 heavy (non-hydrogen) atoms. The minimum Gasteiger partial charge on any atom is -0.394 e. The summed E-state index contributed by atoms with van der Waals surface area (Å²) in [6.07, 6.45) is 0. The van der Waals surface area contributed by atoms with Crippen molar-refractivity contribution in [2.24, 2.45) is 5.73 Å². The Morgan fingerprint density at radius 1 is 1.58 bits per heavy atom. The smallest absolute Gasteiger partial charge is 0.273 e. The average Bonchev–Trinajstić information content (AvgIpc) is 2.87. The first-order valence-corrected chi connectivity index (χ1v) is 5.49. The van der Waals surface area contributed by atoms with Gasteiger partial charge in [0.1, 0.15) is 0 Å². The van der Waals surface area contributed by atoms with Gasteiger partial charge < -0.3 is 15.4 Å². The molecule has 0 aliphatic rings. The molecule has 1 unspecified atom stereocenters. The molecule has 8 nitrogen and oxygen atoms in total. The van der Waals surface area contributed by atoms with Crippen molar-refractivity contribution in [3.05, 3.63) is 39.7 Å². The first kappa shape index (κ1) is 13.1. The Balaban J connectivity index is 2.45. The van der Waals surface area contributed by atoms with E-state index in [4.69, 9.17) is 15.4 Å². The van der Waals surface area contributed by atoms with Crippen molar-refractivity contribution >= 4 is 5.69 Å². The highest BCUT2D eigenvalue weighted by molar-refractivity contribution is 5.64. The SMILES string of the molecule is Cc1c(-c2nc(C(N)CO)no2)cccc1[N+](=O)[O-]. The predicted molar refractivity (Wildman–Crippen MR) is 65.1 cm³/mol. The number of aromatic nitrogens is 2. The largest absolute Gasteiger partial charge is 0.394 e. The summed E-state index contributed by atoms with van der Waals surface area (Å²) in [5.41, 5.74) is 6.44. The van der Waals surface area contributed by atoms with E-state index < -0.39 is 11.0 Å². The summed E-state index contributed by atoms with van der Waals surface area (Å²) in [6.45, 7) is 1.29. The van der Waals surface area contributed by atoms with Crippen LogP contribution in [0.3, 0.4) is 0 Å². The van der Waals surface area contributed by atoms with E-state index in [2.05, 4.69) is 10.1 Å². The van der Waals surface area contributed by atoms with Crippen molar-refractivity contribution in [3.8, 4) is 11.5 Å². The summed E-state index contributed by atoms with van der Waals surface area (Å²) in [6, 6.07) is 3.84. The summed E-state index contributed by atoms with van der Waals surface area (Å²) in [5.74, 6) is 0.295. The molecule has 1 aromatic carbocycles. The van der Waals surface area contributed by atoms with E-state index in [1.807, 2.05) is 0 Å². The number of benzene rings is 1. The molecule has 0 radical (unpaired) electrons. The Hall–Kier alpha value is -2.32. The molecule has 1 aromatic heterocycles. The lowest BCUT2D eigenvalue weighted by atomic mass is 10.1. The minimum atomic E-state index is -0.739. The summed E-state index contributed by atoms with van der Waals surface area (Å²) >= 11 is 0. The molecule has 8 heteroatoms. The maximum Gasteiger partial charge on any atom is 0.273 e. The third kappa shape index (κ3) is 2.44. The van der Waals surface area contributed by atoms with Crippen LogP contribution in [0.15, 0.2) is 22.7 Å². The van der Waals surface area contributed by atoms with Gasteiger partial charge in [-0.25, -0.2) is 0 Å². The third-order valence-corrected chi connectivity index (χ3v) is 2.70. The number of nitro benzene ring substituents is 1. The summed E-state index contributed by atoms with van der Waals surface area (Å²) in [4.78, 5) is 14.4. The average molecular weight is 264 g/mol. The Morgan fingerprint density at radius 3 is 2.95 bits per heavy atom. The van der Waals surface area contributed by atoms with Crippen LogP contribution < -0.4 is 5.73 Å². The predicted octanol–water partition coefficient (Wildman–Crippen LogP) is 0.945. The molecule has 0 aliphatic heterocycles. The van der Waals surface area contributed by atoms with Gasteiger partial charge in [-0.15, -0.1) is 0 Å². The fraction of sp³-hybridized carbons (Fsp3) is 0.273. The van der Waals surface area contributed by atoms with Gasteiger partial charge in [0.15, 0.2) is 5.82 Å². The molecule has 0 bridgehead atoms. The van der Waals surface area contributed by atoms with Crippen molar-refractivity contribution < 1.29 is 14.6 Å². The summed E-state index contributed by atoms with van der Waals surface area (Å²) in [5, 5.41) is 23.4. The standard InChI is InChI=1S/C11H12N4O4/c1-6-7(3-2-4-9(6)15(17)18)11-13-10(14-19-11)8(12)5-16/h2-4,8,16H,5,12H2,1H3. The van der Waals surface area contributed by atoms with Crippen LogP contribution >= 0.6 is 0 Å². The van der Waals surface area contributed by atoms with Gasteiger partial charge in [-0.3, -0.25) is 10.1 Å². The van der Waals surface area contributed by atoms with Gasteiger partial charge in [0.2, 0.25) is 0 Å². The van der Waals surface area contributed by atoms with Gasteiger partial charge in [0.25, 0.3) is 11.6 Å². The van der Waals surface area contributed by atoms with Crippen LogP contribution in [0.25, 0.3) is 11.5 Å². The maximum absolute atomic E-state index is 10.9. The van der Waals surface area contributed by atoms with Crippen LogP contribution in [0.1, 0.15) is 17.4 Å². The Morgan fingerprint density at radius 2 is 2.32 bits per heavy atom. The second kappa shape index (κ2) is 5.12. The number of rotatable bonds is 4. The lowest BCUT2D eigenvalue weighted by Crippen LogP contribution is -2.15. The number of nitrogens with two attached hydrogens (primary N) is 1. The van der Waals surface area contributed by atoms with E-state index in [9.17, 15) is 10.1 Å². The molecule has 1 atom stereocenters. The quantitative estimate of drug-likeness (QED) is 0.621. The fourth-order valence-corrected chi connectivity index (χ4v) is 1.63. The molecule has 0 amide bonds. The van der Waals surface area contributed by atoms with Crippen molar-refractivity contribution in [2.75, 3.05) is 6.61 Å². The highest BCUT2D eigenvalue weighted by Crippen LogP contribution is 2.28. The number of hydrogen-bond donors (Lipinski definition) is 2. The molecule has 1 heterocycles. The summed E-state index contributed by atoms with van der Waals surface area (Å²) < 4.78 is 5.01. The van der Waals surface area contributed by atoms with Gasteiger partial charge in [-0.2, -0.15) is 4.98 Å². The maximum atomic E-state index is 10.9. The van der Waals surface area contributed by atoms with Crippen LogP contribution in [-0.4, -0.2) is 26.8 Å². The van der Waals surface area contributed by atoms with Crippen LogP contribution in [0.5, 0.6) is 0 Å². The molecule has 2 rings (SSSR count). The van der Waals surface area contributed by atoms with Gasteiger partial charge >= 0.3 is 0 Å². The Bertz CT molecular complexity index is 610. The highest BCUT2D eigenvalue weighted by atomic mass is 16.6. The molecular formula is C11H12N4O4. The van der Waals surface area contributed by atoms with Gasteiger partial charge in [-0.05, 0) is 13.0 Å². The molecule has 100 valence electrons. The third-order valence-electron chi connectivity index (χ3n) is 2.70. The van der Waals surface area contributed by atoms with E-state index in [1.165, 1.54) is 12.1 Å². The lowest BCUT2D eigenvalue weighted by molar-refractivity contribution is -0.385. The van der Waals surface area contributed by atoms with Crippen LogP contribution in [0.4, 0.5) is 5.69 Å². The number of nitro groups is 1. The lowest BCUT2D eigenvalue weighted by Gasteiger charge is -2.01. The molecule has 0 fully saturated rings. The van der Waals surface area contributed by atoms with Crippen molar-refractivity contribution in [2.45, 2.75) is 13.0 Å². The van der Waals surface area contributed by atoms with Crippen molar-refractivity contribution in [3.63, 3.8) is 0 Å². The van der Waals surface area contributed by atoms with E-state index in [1.54, 1.807) is 13.0 Å². The first-order chi connectivity index (χ1) is 9.04. The molecule has 2 aromatic rings. The first-order valence-electron chi connectivity index (χ1n) is 5.49. The fourth-order valence-electron chi connectivity index (χ4n) is 1.63. The second-order valence-electron chi connectivity index (χ2n) is 3.95. The molecule has 3 N–H and O–H groups in total. The van der Waals surface area contributed by atoms with E-state index >= 15 is 0 Å². The topological polar surface area (TPSA) is 128 Å². The van der Waals surface area contributed by atoms with E-state index in [-0.39, 0.29) is 24.0 Å². The van der Waals surface area contributed by atoms with E-state index in [0.29, 0.717) is 11.1 Å². The molecular weight excluding hydrogens is 252 g/mol. The summed E-state index contributed by atoms with van der Waals surface area (Å²) in [7, 11) is 0. The van der Waals surface area contributed by atoms with Gasteiger partial charge in [0, 0.05) is 17.2 Å². The minimum absolute atomic E-state index is 0.0243. The van der Waals surface area contributed by atoms with Crippen LogP contribution in [0, 0.1) is 17.0 Å². The zero-order chi connectivity index (χ0) is 14.0. The Labute approximate surface area is 108 Å². The van der Waals surface area contributed by atoms with Gasteiger partial charge in [-0.1, -0.05) is 11.2 Å². The zero-order valence-electron chi connectivity index (χ0n) is 10.1. The second-order valence-corrected chi connectivity index (χ2v) is 3.95. The number of aliphatic hydroxyl groups is 1. The Kier molecular flexibility index (Phi) is 3.54. The molecule has 0 saturated heterocycles. The van der Waals surface area contributed by atoms with Crippen LogP contribution in [-0.2, 0) is 0 Å². The van der Waals surface area contributed by atoms with Gasteiger partial charge in [0.05, 0.1) is 17.6 Å².